The van der Waals surface area contributed by atoms with Gasteiger partial charge in [0.05, 0.1) is 0 Å². The first-order valence-electron chi connectivity index (χ1n) is 13.2. The fourth-order valence-electron chi connectivity index (χ4n) is 4.17. The van der Waals surface area contributed by atoms with E-state index in [1.807, 2.05) is 36.4 Å². The van der Waals surface area contributed by atoms with Gasteiger partial charge in [0.15, 0.2) is 0 Å². The van der Waals surface area contributed by atoms with Crippen molar-refractivity contribution in [2.75, 3.05) is 16.0 Å². The molecule has 6 heteroatoms. The topological polar surface area (TPSA) is 74.8 Å². The van der Waals surface area contributed by atoms with Gasteiger partial charge in [0, 0.05) is 41.1 Å². The van der Waals surface area contributed by atoms with Crippen LogP contribution in [0.5, 0.6) is 0 Å². The highest BCUT2D eigenvalue weighted by atomic mass is 15.2. The molecule has 5 rings (SSSR count). The Hall–Kier alpha value is -4.71. The first-order valence-corrected chi connectivity index (χ1v) is 13.2. The van der Waals surface area contributed by atoms with Crippen molar-refractivity contribution in [2.45, 2.75) is 39.2 Å². The van der Waals surface area contributed by atoms with E-state index in [4.69, 9.17) is 15.0 Å². The zero-order chi connectivity index (χ0) is 27.1. The van der Waals surface area contributed by atoms with Gasteiger partial charge in [-0.3, -0.25) is 0 Å². The number of anilines is 5. The SMILES string of the molecule is CC(C)(C)Nc1nc(Cc2ccc(Nc3ccccc3)cc2)nc(Cc2ccc(Nc3ccccc3)cc2)n1. The Morgan fingerprint density at radius 2 is 0.872 bits per heavy atom. The fourth-order valence-corrected chi connectivity index (χ4v) is 4.17. The summed E-state index contributed by atoms with van der Waals surface area (Å²) in [6, 6.07) is 37.1. The molecule has 0 saturated heterocycles. The van der Waals surface area contributed by atoms with E-state index >= 15 is 0 Å². The number of nitrogens with zero attached hydrogens (tertiary/aromatic N) is 3. The maximum absolute atomic E-state index is 4.84. The Bertz CT molecular complexity index is 1370. The van der Waals surface area contributed by atoms with Crippen molar-refractivity contribution in [3.63, 3.8) is 0 Å². The van der Waals surface area contributed by atoms with Gasteiger partial charge in [0.1, 0.15) is 11.6 Å². The van der Waals surface area contributed by atoms with Crippen molar-refractivity contribution in [3.8, 4) is 0 Å². The van der Waals surface area contributed by atoms with Gasteiger partial charge in [0.25, 0.3) is 0 Å². The lowest BCUT2D eigenvalue weighted by Crippen LogP contribution is -2.28. The predicted octanol–water partition coefficient (Wildman–Crippen LogP) is 7.75. The lowest BCUT2D eigenvalue weighted by atomic mass is 10.1. The van der Waals surface area contributed by atoms with Gasteiger partial charge in [-0.1, -0.05) is 60.7 Å². The third-order valence-corrected chi connectivity index (χ3v) is 5.97. The maximum Gasteiger partial charge on any atom is 0.226 e. The van der Waals surface area contributed by atoms with Crippen LogP contribution in [0.3, 0.4) is 0 Å². The second-order valence-corrected chi connectivity index (χ2v) is 10.6. The molecule has 5 aromatic rings. The summed E-state index contributed by atoms with van der Waals surface area (Å²) in [6.45, 7) is 6.31. The standard InChI is InChI=1S/C33H34N6/c1-33(2,3)39-32-37-30(22-24-14-18-28(19-15-24)34-26-10-6-4-7-11-26)36-31(38-32)23-25-16-20-29(21-17-25)35-27-12-8-5-9-13-27/h4-21,34-35H,22-23H2,1-3H3,(H,36,37,38,39). The van der Waals surface area contributed by atoms with E-state index in [-0.39, 0.29) is 5.54 Å². The molecule has 196 valence electrons. The van der Waals surface area contributed by atoms with Crippen molar-refractivity contribution >= 4 is 28.7 Å². The van der Waals surface area contributed by atoms with Crippen LogP contribution in [0.15, 0.2) is 109 Å². The molecular formula is C33H34N6. The number of hydrogen-bond acceptors (Lipinski definition) is 6. The molecule has 4 aromatic carbocycles. The highest BCUT2D eigenvalue weighted by molar-refractivity contribution is 5.60. The molecule has 0 aliphatic carbocycles. The zero-order valence-corrected chi connectivity index (χ0v) is 22.6. The third-order valence-electron chi connectivity index (χ3n) is 5.97. The van der Waals surface area contributed by atoms with Gasteiger partial charge in [0.2, 0.25) is 5.95 Å². The first-order chi connectivity index (χ1) is 18.9. The molecule has 0 aliphatic heterocycles. The number of rotatable bonds is 9. The van der Waals surface area contributed by atoms with E-state index in [9.17, 15) is 0 Å². The molecule has 0 amide bonds. The van der Waals surface area contributed by atoms with Crippen LogP contribution in [-0.2, 0) is 12.8 Å². The highest BCUT2D eigenvalue weighted by Crippen LogP contribution is 2.20. The summed E-state index contributed by atoms with van der Waals surface area (Å²) >= 11 is 0. The smallest absolute Gasteiger partial charge is 0.226 e. The van der Waals surface area contributed by atoms with Crippen LogP contribution < -0.4 is 16.0 Å². The first kappa shape index (κ1) is 25.9. The van der Waals surface area contributed by atoms with Crippen LogP contribution in [0.2, 0.25) is 0 Å². The molecule has 0 unspecified atom stereocenters. The van der Waals surface area contributed by atoms with Crippen LogP contribution >= 0.6 is 0 Å². The van der Waals surface area contributed by atoms with E-state index in [1.165, 1.54) is 0 Å². The summed E-state index contributed by atoms with van der Waals surface area (Å²) in [5.41, 5.74) is 6.34. The number of nitrogens with one attached hydrogen (secondary N) is 3. The number of hydrogen-bond donors (Lipinski definition) is 3. The Labute approximate surface area is 230 Å². The molecule has 0 saturated carbocycles. The Kier molecular flexibility index (Phi) is 7.83. The van der Waals surface area contributed by atoms with Crippen LogP contribution in [0.1, 0.15) is 43.5 Å². The quantitative estimate of drug-likeness (QED) is 0.187. The molecule has 1 heterocycles. The van der Waals surface area contributed by atoms with Gasteiger partial charge < -0.3 is 16.0 Å². The molecule has 1 aromatic heterocycles. The largest absolute Gasteiger partial charge is 0.356 e. The molecule has 0 aliphatic rings. The summed E-state index contributed by atoms with van der Waals surface area (Å²) < 4.78 is 0. The normalized spacial score (nSPS) is 11.2. The summed E-state index contributed by atoms with van der Waals surface area (Å²) in [5, 5.41) is 10.3. The Morgan fingerprint density at radius 1 is 0.487 bits per heavy atom. The van der Waals surface area contributed by atoms with Gasteiger partial charge in [-0.2, -0.15) is 9.97 Å². The third kappa shape index (κ3) is 7.89. The van der Waals surface area contributed by atoms with Gasteiger partial charge >= 0.3 is 0 Å². The molecule has 6 nitrogen and oxygen atoms in total. The second kappa shape index (κ2) is 11.8. The van der Waals surface area contributed by atoms with Crippen molar-refractivity contribution in [2.24, 2.45) is 0 Å². The van der Waals surface area contributed by atoms with E-state index in [1.54, 1.807) is 0 Å². The van der Waals surface area contributed by atoms with Gasteiger partial charge in [-0.05, 0) is 80.4 Å². The Balaban J connectivity index is 1.31. The summed E-state index contributed by atoms with van der Waals surface area (Å²) in [5.74, 6) is 2.10. The minimum absolute atomic E-state index is 0.161. The van der Waals surface area contributed by atoms with Crippen molar-refractivity contribution in [1.29, 1.82) is 0 Å². The number of para-hydroxylation sites is 2. The summed E-state index contributed by atoms with van der Waals surface area (Å²) in [7, 11) is 0. The van der Waals surface area contributed by atoms with E-state index in [0.717, 1.165) is 45.5 Å². The van der Waals surface area contributed by atoms with Crippen LogP contribution in [0.4, 0.5) is 28.7 Å². The van der Waals surface area contributed by atoms with E-state index in [2.05, 4.69) is 110 Å². The minimum atomic E-state index is -0.161. The number of benzene rings is 4. The van der Waals surface area contributed by atoms with Crippen molar-refractivity contribution in [3.05, 3.63) is 132 Å². The zero-order valence-electron chi connectivity index (χ0n) is 22.6. The molecule has 0 fully saturated rings. The van der Waals surface area contributed by atoms with Gasteiger partial charge in [-0.15, -0.1) is 0 Å². The molecule has 3 N–H and O–H groups in total. The monoisotopic (exact) mass is 514 g/mol. The van der Waals surface area contributed by atoms with Gasteiger partial charge in [-0.25, -0.2) is 4.98 Å². The lowest BCUT2D eigenvalue weighted by molar-refractivity contribution is 0.622. The van der Waals surface area contributed by atoms with Crippen molar-refractivity contribution < 1.29 is 0 Å². The second-order valence-electron chi connectivity index (χ2n) is 10.6. The molecule has 0 bridgehead atoms. The molecule has 0 spiro atoms. The van der Waals surface area contributed by atoms with E-state index in [0.29, 0.717) is 18.8 Å². The molecular weight excluding hydrogens is 480 g/mol. The minimum Gasteiger partial charge on any atom is -0.356 e. The lowest BCUT2D eigenvalue weighted by Gasteiger charge is -2.21. The van der Waals surface area contributed by atoms with Crippen LogP contribution in [0, 0.1) is 0 Å². The fraction of sp³-hybridized carbons (Fsp3) is 0.182. The van der Waals surface area contributed by atoms with Crippen molar-refractivity contribution in [1.82, 2.24) is 15.0 Å². The van der Waals surface area contributed by atoms with E-state index < -0.39 is 0 Å². The average Bonchev–Trinajstić information content (AvgIpc) is 2.91. The van der Waals surface area contributed by atoms with Crippen LogP contribution in [0.25, 0.3) is 0 Å². The molecule has 0 atom stereocenters. The summed E-state index contributed by atoms with van der Waals surface area (Å²) in [6.07, 6.45) is 1.25. The summed E-state index contributed by atoms with van der Waals surface area (Å²) in [4.78, 5) is 14.3. The molecule has 39 heavy (non-hydrogen) atoms. The molecule has 0 radical (unpaired) electrons. The number of aromatic nitrogens is 3. The predicted molar refractivity (Wildman–Crippen MR) is 161 cm³/mol. The maximum atomic E-state index is 4.84. The van der Waals surface area contributed by atoms with Crippen LogP contribution in [-0.4, -0.2) is 20.5 Å². The Morgan fingerprint density at radius 3 is 1.26 bits per heavy atom. The average molecular weight is 515 g/mol. The highest BCUT2D eigenvalue weighted by Gasteiger charge is 2.15.